The first-order chi connectivity index (χ1) is 7.59. The van der Waals surface area contributed by atoms with Gasteiger partial charge in [-0.15, -0.1) is 0 Å². The molecule has 1 N–H and O–H groups in total. The fourth-order valence-electron chi connectivity index (χ4n) is 2.19. The van der Waals surface area contributed by atoms with Crippen molar-refractivity contribution in [3.63, 3.8) is 0 Å². The summed E-state index contributed by atoms with van der Waals surface area (Å²) >= 11 is 0. The van der Waals surface area contributed by atoms with E-state index in [1.807, 2.05) is 0 Å². The Morgan fingerprint density at radius 2 is 1.41 bits per heavy atom. The molecular formula is C12H16O4S. The number of hydrogen-bond donors (Lipinski definition) is 1. The third-order valence-electron chi connectivity index (χ3n) is 3.14. The summed E-state index contributed by atoms with van der Waals surface area (Å²) < 4.78 is 23.4. The molecule has 0 fully saturated rings. The van der Waals surface area contributed by atoms with Crippen LogP contribution in [0.1, 0.15) is 32.6 Å². The molecule has 0 bridgehead atoms. The SMILES string of the molecule is Cc1c(C)c(C(=O)O)c(C)c(S(C)(=O)=O)c1C. The highest BCUT2D eigenvalue weighted by atomic mass is 32.2. The van der Waals surface area contributed by atoms with Crippen LogP contribution in [0.25, 0.3) is 0 Å². The fraction of sp³-hybridized carbons (Fsp3) is 0.417. The zero-order valence-corrected chi connectivity index (χ0v) is 11.4. The Kier molecular flexibility index (Phi) is 3.34. The quantitative estimate of drug-likeness (QED) is 0.878. The predicted octanol–water partition coefficient (Wildman–Crippen LogP) is 2.02. The van der Waals surface area contributed by atoms with Crippen LogP contribution in [0, 0.1) is 27.7 Å². The van der Waals surface area contributed by atoms with E-state index in [0.29, 0.717) is 22.3 Å². The lowest BCUT2D eigenvalue weighted by Crippen LogP contribution is -2.13. The average molecular weight is 256 g/mol. The standard InChI is InChI=1S/C12H16O4S/c1-6-7(2)10(12(13)14)9(4)11(8(6)3)17(5,15)16/h1-5H3,(H,13,14). The van der Waals surface area contributed by atoms with Gasteiger partial charge in [0, 0.05) is 6.26 Å². The largest absolute Gasteiger partial charge is 0.478 e. The number of aromatic carboxylic acids is 1. The summed E-state index contributed by atoms with van der Waals surface area (Å²) in [6.07, 6.45) is 1.10. The van der Waals surface area contributed by atoms with Crippen molar-refractivity contribution in [3.8, 4) is 0 Å². The van der Waals surface area contributed by atoms with Gasteiger partial charge in [0.25, 0.3) is 0 Å². The van der Waals surface area contributed by atoms with E-state index < -0.39 is 15.8 Å². The van der Waals surface area contributed by atoms with Crippen molar-refractivity contribution < 1.29 is 18.3 Å². The number of sulfone groups is 1. The summed E-state index contributed by atoms with van der Waals surface area (Å²) in [5.74, 6) is -1.09. The number of carboxylic acid groups (broad SMARTS) is 1. The Balaban J connectivity index is 3.95. The zero-order chi connectivity index (χ0) is 13.5. The van der Waals surface area contributed by atoms with Crippen LogP contribution in [0.4, 0.5) is 0 Å². The Labute approximate surface area is 101 Å². The molecule has 0 atom stereocenters. The summed E-state index contributed by atoms with van der Waals surface area (Å²) in [6, 6.07) is 0. The smallest absolute Gasteiger partial charge is 0.336 e. The summed E-state index contributed by atoms with van der Waals surface area (Å²) in [5.41, 5.74) is 2.38. The van der Waals surface area contributed by atoms with E-state index in [2.05, 4.69) is 0 Å². The lowest BCUT2D eigenvalue weighted by Gasteiger charge is -2.17. The fourth-order valence-corrected chi connectivity index (χ4v) is 3.56. The van der Waals surface area contributed by atoms with Gasteiger partial charge in [0.2, 0.25) is 0 Å². The average Bonchev–Trinajstić information content (AvgIpc) is 2.11. The van der Waals surface area contributed by atoms with Gasteiger partial charge in [0.15, 0.2) is 9.84 Å². The Hall–Kier alpha value is -1.36. The van der Waals surface area contributed by atoms with Crippen molar-refractivity contribution in [1.29, 1.82) is 0 Å². The minimum absolute atomic E-state index is 0.0912. The number of benzene rings is 1. The topological polar surface area (TPSA) is 71.4 Å². The molecule has 0 aliphatic carbocycles. The molecule has 0 unspecified atom stereocenters. The van der Waals surface area contributed by atoms with Gasteiger partial charge in [0.05, 0.1) is 10.5 Å². The highest BCUT2D eigenvalue weighted by molar-refractivity contribution is 7.90. The molecule has 0 aliphatic heterocycles. The summed E-state index contributed by atoms with van der Waals surface area (Å²) in [6.45, 7) is 6.69. The first kappa shape index (κ1) is 13.7. The second-order valence-electron chi connectivity index (χ2n) is 4.28. The van der Waals surface area contributed by atoms with E-state index in [1.54, 1.807) is 27.7 Å². The minimum Gasteiger partial charge on any atom is -0.478 e. The second kappa shape index (κ2) is 4.14. The molecule has 0 radical (unpaired) electrons. The normalized spacial score (nSPS) is 11.6. The lowest BCUT2D eigenvalue weighted by atomic mass is 9.94. The maximum atomic E-state index is 11.7. The lowest BCUT2D eigenvalue weighted by molar-refractivity contribution is 0.0695. The monoisotopic (exact) mass is 256 g/mol. The summed E-state index contributed by atoms with van der Waals surface area (Å²) in [4.78, 5) is 11.3. The van der Waals surface area contributed by atoms with Gasteiger partial charge in [-0.3, -0.25) is 0 Å². The highest BCUT2D eigenvalue weighted by Crippen LogP contribution is 2.29. The van der Waals surface area contributed by atoms with Gasteiger partial charge in [-0.2, -0.15) is 0 Å². The third kappa shape index (κ3) is 2.20. The molecule has 4 nitrogen and oxygen atoms in total. The third-order valence-corrected chi connectivity index (χ3v) is 4.49. The van der Waals surface area contributed by atoms with Crippen molar-refractivity contribution in [3.05, 3.63) is 27.8 Å². The molecule has 1 rings (SSSR count). The highest BCUT2D eigenvalue weighted by Gasteiger charge is 2.24. The molecule has 17 heavy (non-hydrogen) atoms. The second-order valence-corrected chi connectivity index (χ2v) is 6.23. The van der Waals surface area contributed by atoms with Crippen molar-refractivity contribution in [1.82, 2.24) is 0 Å². The maximum Gasteiger partial charge on any atom is 0.336 e. The van der Waals surface area contributed by atoms with E-state index in [0.717, 1.165) is 6.26 Å². The van der Waals surface area contributed by atoms with Crippen molar-refractivity contribution in [2.75, 3.05) is 6.26 Å². The molecule has 1 aromatic carbocycles. The molecule has 0 aromatic heterocycles. The molecule has 0 amide bonds. The van der Waals surface area contributed by atoms with Crippen LogP contribution in [0.5, 0.6) is 0 Å². The van der Waals surface area contributed by atoms with E-state index >= 15 is 0 Å². The Morgan fingerprint density at radius 1 is 0.941 bits per heavy atom. The molecule has 0 saturated carbocycles. The summed E-state index contributed by atoms with van der Waals surface area (Å²) in [5, 5.41) is 9.16. The molecule has 0 heterocycles. The molecule has 0 saturated heterocycles. The van der Waals surface area contributed by atoms with Crippen molar-refractivity contribution >= 4 is 15.8 Å². The molecule has 0 spiro atoms. The van der Waals surface area contributed by atoms with E-state index in [1.165, 1.54) is 0 Å². The molecule has 1 aromatic rings. The maximum absolute atomic E-state index is 11.7. The van der Waals surface area contributed by atoms with Crippen molar-refractivity contribution in [2.24, 2.45) is 0 Å². The first-order valence-corrected chi connectivity index (χ1v) is 7.01. The number of hydrogen-bond acceptors (Lipinski definition) is 3. The number of rotatable bonds is 2. The van der Waals surface area contributed by atoms with Gasteiger partial charge in [-0.25, -0.2) is 13.2 Å². The number of carbonyl (C=O) groups is 1. The van der Waals surface area contributed by atoms with Crippen LogP contribution in [0.2, 0.25) is 0 Å². The van der Waals surface area contributed by atoms with Crippen LogP contribution < -0.4 is 0 Å². The number of carboxylic acids is 1. The molecule has 0 aliphatic rings. The van der Waals surface area contributed by atoms with Gasteiger partial charge in [-0.05, 0) is 49.9 Å². The van der Waals surface area contributed by atoms with Crippen LogP contribution >= 0.6 is 0 Å². The van der Waals surface area contributed by atoms with Crippen LogP contribution in [-0.4, -0.2) is 25.7 Å². The molecule has 5 heteroatoms. The van der Waals surface area contributed by atoms with Gasteiger partial charge >= 0.3 is 5.97 Å². The van der Waals surface area contributed by atoms with Gasteiger partial charge in [0.1, 0.15) is 0 Å². The Morgan fingerprint density at radius 3 is 1.76 bits per heavy atom. The first-order valence-electron chi connectivity index (χ1n) is 5.12. The van der Waals surface area contributed by atoms with Crippen LogP contribution in [0.3, 0.4) is 0 Å². The van der Waals surface area contributed by atoms with Gasteiger partial charge in [-0.1, -0.05) is 0 Å². The van der Waals surface area contributed by atoms with E-state index in [9.17, 15) is 13.2 Å². The van der Waals surface area contributed by atoms with Crippen LogP contribution in [0.15, 0.2) is 4.90 Å². The summed E-state index contributed by atoms with van der Waals surface area (Å²) in [7, 11) is -3.42. The van der Waals surface area contributed by atoms with Gasteiger partial charge < -0.3 is 5.11 Å². The molecule has 94 valence electrons. The Bertz CT molecular complexity index is 598. The van der Waals surface area contributed by atoms with E-state index in [-0.39, 0.29) is 10.5 Å². The van der Waals surface area contributed by atoms with Crippen LogP contribution in [-0.2, 0) is 9.84 Å². The minimum atomic E-state index is -3.42. The predicted molar refractivity (Wildman–Crippen MR) is 65.5 cm³/mol. The van der Waals surface area contributed by atoms with Crippen molar-refractivity contribution in [2.45, 2.75) is 32.6 Å². The molecular weight excluding hydrogens is 240 g/mol. The van der Waals surface area contributed by atoms with E-state index in [4.69, 9.17) is 5.11 Å². The zero-order valence-electron chi connectivity index (χ0n) is 10.6.